The number of ketones is 1. The van der Waals surface area contributed by atoms with E-state index in [0.29, 0.717) is 12.4 Å². The van der Waals surface area contributed by atoms with Crippen LogP contribution in [0.15, 0.2) is 11.8 Å². The molecule has 0 aliphatic carbocycles. The van der Waals surface area contributed by atoms with Gasteiger partial charge in [-0.15, -0.1) is 0 Å². The quantitative estimate of drug-likeness (QED) is 0.732. The molecule has 3 nitrogen and oxygen atoms in total. The van der Waals surface area contributed by atoms with Crippen LogP contribution >= 0.6 is 0 Å². The molecule has 1 aliphatic rings. The fourth-order valence-corrected chi connectivity index (χ4v) is 1.28. The van der Waals surface area contributed by atoms with Crippen LogP contribution in [0.3, 0.4) is 0 Å². The minimum Gasteiger partial charge on any atom is -0.490 e. The zero-order valence-corrected chi connectivity index (χ0v) is 9.17. The SMILES string of the molecule is CC(C)(C)C(N)C(=O)C1=CCCCO1. The minimum atomic E-state index is -0.480. The molecule has 3 heteroatoms. The number of carbonyl (C=O) groups is 1. The topological polar surface area (TPSA) is 52.3 Å². The molecule has 1 unspecified atom stereocenters. The van der Waals surface area contributed by atoms with Crippen molar-refractivity contribution in [3.05, 3.63) is 11.8 Å². The second kappa shape index (κ2) is 4.13. The summed E-state index contributed by atoms with van der Waals surface area (Å²) in [5.74, 6) is 0.385. The van der Waals surface area contributed by atoms with Gasteiger partial charge >= 0.3 is 0 Å². The number of Topliss-reactive ketones (excluding diaryl/α,β-unsaturated/α-hetero) is 1. The van der Waals surface area contributed by atoms with Crippen LogP contribution in [0.2, 0.25) is 0 Å². The Morgan fingerprint density at radius 3 is 2.64 bits per heavy atom. The molecule has 0 spiro atoms. The Hall–Kier alpha value is -0.830. The standard InChI is InChI=1S/C11H19NO2/c1-11(2,3)10(12)9(13)8-6-4-5-7-14-8/h6,10H,4-5,7,12H2,1-3H3. The third-order valence-corrected chi connectivity index (χ3v) is 2.39. The zero-order valence-electron chi connectivity index (χ0n) is 9.17. The normalized spacial score (nSPS) is 19.6. The lowest BCUT2D eigenvalue weighted by Crippen LogP contribution is -2.43. The van der Waals surface area contributed by atoms with E-state index in [9.17, 15) is 4.79 Å². The van der Waals surface area contributed by atoms with Crippen molar-refractivity contribution in [2.24, 2.45) is 11.1 Å². The van der Waals surface area contributed by atoms with Gasteiger partial charge in [0, 0.05) is 0 Å². The van der Waals surface area contributed by atoms with E-state index >= 15 is 0 Å². The Balaban J connectivity index is 2.69. The highest BCUT2D eigenvalue weighted by molar-refractivity contribution is 5.98. The molecular formula is C11H19NO2. The summed E-state index contributed by atoms with van der Waals surface area (Å²) in [6, 6.07) is -0.480. The van der Waals surface area contributed by atoms with Crippen LogP contribution < -0.4 is 5.73 Å². The summed E-state index contributed by atoms with van der Waals surface area (Å²) in [5, 5.41) is 0. The molecule has 0 aromatic rings. The van der Waals surface area contributed by atoms with Crippen LogP contribution in [-0.2, 0) is 9.53 Å². The molecule has 0 bridgehead atoms. The number of hydrogen-bond donors (Lipinski definition) is 1. The van der Waals surface area contributed by atoms with Gasteiger partial charge in [0.25, 0.3) is 0 Å². The van der Waals surface area contributed by atoms with Crippen LogP contribution in [0, 0.1) is 5.41 Å². The predicted octanol–water partition coefficient (Wildman–Crippen LogP) is 1.62. The van der Waals surface area contributed by atoms with Gasteiger partial charge < -0.3 is 10.5 Å². The highest BCUT2D eigenvalue weighted by Crippen LogP contribution is 2.22. The lowest BCUT2D eigenvalue weighted by molar-refractivity contribution is -0.122. The van der Waals surface area contributed by atoms with Gasteiger partial charge in [-0.3, -0.25) is 4.79 Å². The zero-order chi connectivity index (χ0) is 10.8. The molecule has 2 N–H and O–H groups in total. The van der Waals surface area contributed by atoms with Crippen LogP contribution in [0.1, 0.15) is 33.6 Å². The fraction of sp³-hybridized carbons (Fsp3) is 0.727. The number of hydrogen-bond acceptors (Lipinski definition) is 3. The van der Waals surface area contributed by atoms with E-state index in [4.69, 9.17) is 10.5 Å². The first kappa shape index (κ1) is 11.2. The molecule has 0 aromatic carbocycles. The number of rotatable bonds is 2. The molecule has 0 fully saturated rings. The number of nitrogens with two attached hydrogens (primary N) is 1. The van der Waals surface area contributed by atoms with E-state index in [2.05, 4.69) is 0 Å². The number of ether oxygens (including phenoxy) is 1. The Morgan fingerprint density at radius 2 is 2.21 bits per heavy atom. The molecule has 0 radical (unpaired) electrons. The smallest absolute Gasteiger partial charge is 0.214 e. The summed E-state index contributed by atoms with van der Waals surface area (Å²) >= 11 is 0. The van der Waals surface area contributed by atoms with Gasteiger partial charge in [0.15, 0.2) is 5.76 Å². The highest BCUT2D eigenvalue weighted by Gasteiger charge is 2.30. The molecule has 1 rings (SSSR count). The lowest BCUT2D eigenvalue weighted by atomic mass is 9.84. The molecule has 1 aliphatic heterocycles. The molecular weight excluding hydrogens is 178 g/mol. The second-order valence-corrected chi connectivity index (χ2v) is 4.77. The average molecular weight is 197 g/mol. The monoisotopic (exact) mass is 197 g/mol. The summed E-state index contributed by atoms with van der Waals surface area (Å²) in [5.41, 5.74) is 5.65. The summed E-state index contributed by atoms with van der Waals surface area (Å²) < 4.78 is 5.29. The average Bonchev–Trinajstić information content (AvgIpc) is 2.15. The van der Waals surface area contributed by atoms with E-state index in [1.807, 2.05) is 26.8 Å². The van der Waals surface area contributed by atoms with E-state index < -0.39 is 6.04 Å². The summed E-state index contributed by atoms with van der Waals surface area (Å²) in [6.07, 6.45) is 3.75. The predicted molar refractivity (Wildman–Crippen MR) is 55.7 cm³/mol. The van der Waals surface area contributed by atoms with Crippen molar-refractivity contribution in [2.75, 3.05) is 6.61 Å². The maximum Gasteiger partial charge on any atom is 0.214 e. The van der Waals surface area contributed by atoms with Gasteiger partial charge in [-0.1, -0.05) is 20.8 Å². The van der Waals surface area contributed by atoms with E-state index in [1.54, 1.807) is 0 Å². The lowest BCUT2D eigenvalue weighted by Gasteiger charge is -2.27. The molecule has 1 heterocycles. The van der Waals surface area contributed by atoms with Gasteiger partial charge in [0.05, 0.1) is 12.6 Å². The van der Waals surface area contributed by atoms with Gasteiger partial charge in [-0.05, 0) is 24.3 Å². The minimum absolute atomic E-state index is 0.0720. The third-order valence-electron chi connectivity index (χ3n) is 2.39. The highest BCUT2D eigenvalue weighted by atomic mass is 16.5. The Bertz CT molecular complexity index is 251. The first-order valence-electron chi connectivity index (χ1n) is 5.05. The second-order valence-electron chi connectivity index (χ2n) is 4.77. The Kier molecular flexibility index (Phi) is 3.32. The molecule has 0 amide bonds. The molecule has 0 aromatic heterocycles. The Morgan fingerprint density at radius 1 is 1.57 bits per heavy atom. The van der Waals surface area contributed by atoms with Crippen molar-refractivity contribution < 1.29 is 9.53 Å². The van der Waals surface area contributed by atoms with Crippen molar-refractivity contribution in [3.8, 4) is 0 Å². The van der Waals surface area contributed by atoms with E-state index in [-0.39, 0.29) is 11.2 Å². The van der Waals surface area contributed by atoms with Gasteiger partial charge in [0.2, 0.25) is 5.78 Å². The molecule has 0 saturated heterocycles. The first-order valence-corrected chi connectivity index (χ1v) is 5.05. The summed E-state index contributed by atoms with van der Waals surface area (Å²) in [4.78, 5) is 11.8. The number of carbonyl (C=O) groups excluding carboxylic acids is 1. The third kappa shape index (κ3) is 2.58. The number of allylic oxidation sites excluding steroid dienone is 1. The van der Waals surface area contributed by atoms with Crippen LogP contribution in [0.4, 0.5) is 0 Å². The molecule has 80 valence electrons. The van der Waals surface area contributed by atoms with E-state index in [0.717, 1.165) is 12.8 Å². The largest absolute Gasteiger partial charge is 0.490 e. The van der Waals surface area contributed by atoms with Crippen LogP contribution in [0.25, 0.3) is 0 Å². The van der Waals surface area contributed by atoms with Gasteiger partial charge in [-0.2, -0.15) is 0 Å². The molecule has 1 atom stereocenters. The van der Waals surface area contributed by atoms with Crippen LogP contribution in [-0.4, -0.2) is 18.4 Å². The molecule has 0 saturated carbocycles. The van der Waals surface area contributed by atoms with Crippen molar-refractivity contribution in [1.82, 2.24) is 0 Å². The fourth-order valence-electron chi connectivity index (χ4n) is 1.28. The maximum absolute atomic E-state index is 11.8. The van der Waals surface area contributed by atoms with E-state index in [1.165, 1.54) is 0 Å². The Labute approximate surface area is 85.3 Å². The van der Waals surface area contributed by atoms with Gasteiger partial charge in [-0.25, -0.2) is 0 Å². The molecule has 14 heavy (non-hydrogen) atoms. The van der Waals surface area contributed by atoms with Crippen molar-refractivity contribution >= 4 is 5.78 Å². The summed E-state index contributed by atoms with van der Waals surface area (Å²) in [7, 11) is 0. The van der Waals surface area contributed by atoms with Gasteiger partial charge in [0.1, 0.15) is 0 Å². The van der Waals surface area contributed by atoms with Crippen molar-refractivity contribution in [2.45, 2.75) is 39.7 Å². The summed E-state index contributed by atoms with van der Waals surface area (Å²) in [6.45, 7) is 6.51. The first-order chi connectivity index (χ1) is 6.43. The van der Waals surface area contributed by atoms with Crippen molar-refractivity contribution in [3.63, 3.8) is 0 Å². The van der Waals surface area contributed by atoms with Crippen LogP contribution in [0.5, 0.6) is 0 Å². The van der Waals surface area contributed by atoms with Crippen molar-refractivity contribution in [1.29, 1.82) is 0 Å². The maximum atomic E-state index is 11.8.